The lowest BCUT2D eigenvalue weighted by Gasteiger charge is -2.25. The van der Waals surface area contributed by atoms with Crippen LogP contribution in [0.1, 0.15) is 6.42 Å². The molecule has 0 radical (unpaired) electrons. The molecule has 1 aromatic heterocycles. The van der Waals surface area contributed by atoms with Crippen LogP contribution in [0.3, 0.4) is 0 Å². The highest BCUT2D eigenvalue weighted by Gasteiger charge is 2.45. The van der Waals surface area contributed by atoms with Gasteiger partial charge in [-0.05, 0) is 6.42 Å². The Morgan fingerprint density at radius 2 is 1.80 bits per heavy atom. The minimum absolute atomic E-state index is 0.810. The molecule has 1 aliphatic carbocycles. The molecule has 0 spiro atoms. The van der Waals surface area contributed by atoms with Crippen LogP contribution in [-0.4, -0.2) is 18.3 Å². The van der Waals surface area contributed by atoms with Crippen molar-refractivity contribution < 1.29 is 0 Å². The van der Waals surface area contributed by atoms with E-state index in [1.165, 1.54) is 14.8 Å². The summed E-state index contributed by atoms with van der Waals surface area (Å²) in [6.07, 6.45) is 1.37. The van der Waals surface area contributed by atoms with Gasteiger partial charge < -0.3 is 0 Å². The highest BCUT2D eigenvalue weighted by Crippen LogP contribution is 2.57. The van der Waals surface area contributed by atoms with Gasteiger partial charge >= 0.3 is 0 Å². The predicted octanol–water partition coefficient (Wildman–Crippen LogP) is 5.48. The Balaban J connectivity index is 1.95. The van der Waals surface area contributed by atoms with Gasteiger partial charge in [-0.1, -0.05) is 57.4 Å². The Hall–Kier alpha value is 2.43. The molecule has 7 heteroatoms. The summed E-state index contributed by atoms with van der Waals surface area (Å²) < 4.78 is 5.74. The van der Waals surface area contributed by atoms with Crippen LogP contribution in [-0.2, 0) is 0 Å². The summed E-state index contributed by atoms with van der Waals surface area (Å²) in [6, 6.07) is 0. The first-order chi connectivity index (χ1) is 7.15. The van der Waals surface area contributed by atoms with Crippen molar-refractivity contribution in [1.82, 2.24) is 0 Å². The SMILES string of the molecule is S=c1sc2c(s1)S[C@H]1C[C@@H](I)[C@@H](I)[C@@H]1S2. The van der Waals surface area contributed by atoms with Gasteiger partial charge in [0.1, 0.15) is 3.14 Å². The van der Waals surface area contributed by atoms with Crippen LogP contribution in [0, 0.1) is 3.14 Å². The summed E-state index contributed by atoms with van der Waals surface area (Å²) in [5.41, 5.74) is 0. The van der Waals surface area contributed by atoms with Crippen molar-refractivity contribution in [3.05, 3.63) is 3.14 Å². The lowest BCUT2D eigenvalue weighted by molar-refractivity contribution is 0.926. The molecule has 0 bridgehead atoms. The number of thioether (sulfide) groups is 2. The largest absolute Gasteiger partial charge is 0.145 e. The van der Waals surface area contributed by atoms with Crippen molar-refractivity contribution in [1.29, 1.82) is 0 Å². The van der Waals surface area contributed by atoms with Gasteiger partial charge in [0.2, 0.25) is 0 Å². The lowest BCUT2D eigenvalue weighted by Crippen LogP contribution is -2.23. The summed E-state index contributed by atoms with van der Waals surface area (Å²) >= 11 is 18.3. The molecule has 0 N–H and O–H groups in total. The Labute approximate surface area is 138 Å². The fraction of sp³-hybridized carbons (Fsp3) is 0.625. The number of alkyl halides is 2. The monoisotopic (exact) mass is 516 g/mol. The number of hydrogen-bond acceptors (Lipinski definition) is 5. The van der Waals surface area contributed by atoms with E-state index in [0.717, 1.165) is 21.5 Å². The van der Waals surface area contributed by atoms with E-state index in [4.69, 9.17) is 12.2 Å². The molecular weight excluding hydrogens is 510 g/mol. The lowest BCUT2D eigenvalue weighted by atomic mass is 10.4. The quantitative estimate of drug-likeness (QED) is 0.255. The van der Waals surface area contributed by atoms with E-state index in [2.05, 4.69) is 68.7 Å². The molecule has 2 heterocycles. The molecule has 4 atom stereocenters. The van der Waals surface area contributed by atoms with E-state index in [9.17, 15) is 0 Å². The average Bonchev–Trinajstić information content (AvgIpc) is 2.65. The maximum absolute atomic E-state index is 5.27. The van der Waals surface area contributed by atoms with Crippen molar-refractivity contribution in [2.45, 2.75) is 33.2 Å². The highest BCUT2D eigenvalue weighted by atomic mass is 127. The van der Waals surface area contributed by atoms with Crippen molar-refractivity contribution in [2.24, 2.45) is 0 Å². The Bertz CT molecular complexity index is 438. The molecule has 0 amide bonds. The maximum atomic E-state index is 5.27. The number of fused-ring (bicyclic) bond motifs is 2. The zero-order valence-electron chi connectivity index (χ0n) is 7.31. The predicted molar refractivity (Wildman–Crippen MR) is 92.6 cm³/mol. The second-order valence-electron chi connectivity index (χ2n) is 3.46. The molecule has 0 aromatic carbocycles. The van der Waals surface area contributed by atoms with E-state index < -0.39 is 0 Å². The molecule has 2 aliphatic rings. The van der Waals surface area contributed by atoms with E-state index in [0.29, 0.717) is 0 Å². The Morgan fingerprint density at radius 1 is 1.13 bits per heavy atom. The fourth-order valence-electron chi connectivity index (χ4n) is 1.81. The molecule has 1 saturated carbocycles. The third kappa shape index (κ3) is 2.32. The maximum Gasteiger partial charge on any atom is 0.145 e. The second kappa shape index (κ2) is 4.84. The molecular formula is C8H6I2S5. The Morgan fingerprint density at radius 3 is 2.53 bits per heavy atom. The van der Waals surface area contributed by atoms with E-state index >= 15 is 0 Å². The second-order valence-corrected chi connectivity index (χ2v) is 12.7. The number of rotatable bonds is 0. The minimum atomic E-state index is 0.810. The molecule has 0 saturated heterocycles. The smallest absolute Gasteiger partial charge is 0.109 e. The van der Waals surface area contributed by atoms with E-state index in [1.54, 1.807) is 0 Å². The summed E-state index contributed by atoms with van der Waals surface area (Å²) in [4.78, 5) is 0. The summed E-state index contributed by atoms with van der Waals surface area (Å²) in [5, 5.41) is 1.64. The van der Waals surface area contributed by atoms with E-state index in [1.807, 2.05) is 22.7 Å². The summed E-state index contributed by atoms with van der Waals surface area (Å²) in [6.45, 7) is 0. The molecule has 3 rings (SSSR count). The van der Waals surface area contributed by atoms with Gasteiger partial charge in [-0.25, -0.2) is 0 Å². The van der Waals surface area contributed by atoms with Gasteiger partial charge in [-0.2, -0.15) is 0 Å². The molecule has 15 heavy (non-hydrogen) atoms. The summed E-state index contributed by atoms with van der Waals surface area (Å²) in [7, 11) is 0. The topological polar surface area (TPSA) is 0 Å². The number of hydrogen-bond donors (Lipinski definition) is 0. The molecule has 1 fully saturated rings. The molecule has 0 unspecified atom stereocenters. The van der Waals surface area contributed by atoms with E-state index in [-0.39, 0.29) is 0 Å². The van der Waals surface area contributed by atoms with Crippen LogP contribution in [0.15, 0.2) is 8.42 Å². The van der Waals surface area contributed by atoms with Crippen molar-refractivity contribution in [2.75, 3.05) is 0 Å². The van der Waals surface area contributed by atoms with Gasteiger partial charge in [0.15, 0.2) is 0 Å². The average molecular weight is 516 g/mol. The Kier molecular flexibility index (Phi) is 4.02. The minimum Gasteiger partial charge on any atom is -0.109 e. The van der Waals surface area contributed by atoms with Gasteiger partial charge in [0.25, 0.3) is 0 Å². The zero-order chi connectivity index (χ0) is 10.6. The standard InChI is InChI=1S/C8H6I2S5/c9-2-1-3-5(4(2)10)13-7-6(12-3)14-8(11)15-7/h2-5H,1H2/t2-,3+,4-,5-/m1/s1. The van der Waals surface area contributed by atoms with Crippen LogP contribution in [0.5, 0.6) is 0 Å². The molecule has 1 aromatic rings. The van der Waals surface area contributed by atoms with Crippen molar-refractivity contribution >= 4 is 104 Å². The van der Waals surface area contributed by atoms with Crippen molar-refractivity contribution in [3.63, 3.8) is 0 Å². The highest BCUT2D eigenvalue weighted by molar-refractivity contribution is 14.1. The van der Waals surface area contributed by atoms with Gasteiger partial charge in [0, 0.05) is 18.3 Å². The molecule has 0 nitrogen and oxygen atoms in total. The fourth-order valence-corrected chi connectivity index (χ4v) is 12.1. The first kappa shape index (κ1) is 12.5. The molecule has 1 aliphatic heterocycles. The van der Waals surface area contributed by atoms with Crippen LogP contribution in [0.25, 0.3) is 0 Å². The van der Waals surface area contributed by atoms with Gasteiger partial charge in [-0.3, -0.25) is 0 Å². The van der Waals surface area contributed by atoms with Crippen molar-refractivity contribution in [3.8, 4) is 0 Å². The first-order valence-corrected chi connectivity index (χ1v) is 10.7. The van der Waals surface area contributed by atoms with Crippen LogP contribution < -0.4 is 0 Å². The van der Waals surface area contributed by atoms with Gasteiger partial charge in [0.05, 0.1) is 8.42 Å². The third-order valence-corrected chi connectivity index (χ3v) is 13.7. The number of halogens is 2. The zero-order valence-corrected chi connectivity index (χ0v) is 15.7. The van der Waals surface area contributed by atoms with Crippen LogP contribution in [0.2, 0.25) is 0 Å². The third-order valence-electron chi connectivity index (χ3n) is 2.50. The van der Waals surface area contributed by atoms with Gasteiger partial charge in [-0.15, -0.1) is 46.2 Å². The normalized spacial score (nSPS) is 38.8. The van der Waals surface area contributed by atoms with Crippen LogP contribution in [0.4, 0.5) is 0 Å². The molecule has 82 valence electrons. The van der Waals surface area contributed by atoms with Crippen LogP contribution >= 0.6 is 104 Å². The summed E-state index contributed by atoms with van der Waals surface area (Å²) in [5.74, 6) is 0. The first-order valence-electron chi connectivity index (χ1n) is 4.40.